The first-order valence-corrected chi connectivity index (χ1v) is 10.2. The molecule has 2 heterocycles. The zero-order valence-corrected chi connectivity index (χ0v) is 18.1. The van der Waals surface area contributed by atoms with Gasteiger partial charge in [-0.3, -0.25) is 9.78 Å². The van der Waals surface area contributed by atoms with E-state index in [4.69, 9.17) is 0 Å². The van der Waals surface area contributed by atoms with Crippen LogP contribution in [0, 0.1) is 19.7 Å². The standard InChI is InChI=1S/C25H23FN4O2/c1-15-4-9-20(29-25(32)28-13-17-5-7-19(26)8-6-17)12-21(15)22-11-18-14-27-16(2)10-23(18)30(3)24(22)31/h4-12,14H,13H2,1-3H3,(H2,28,29,32). The van der Waals surface area contributed by atoms with Crippen molar-refractivity contribution in [2.24, 2.45) is 7.05 Å². The van der Waals surface area contributed by atoms with Gasteiger partial charge in [0, 0.05) is 42.1 Å². The van der Waals surface area contributed by atoms with Gasteiger partial charge in [-0.15, -0.1) is 0 Å². The van der Waals surface area contributed by atoms with E-state index < -0.39 is 6.03 Å². The third-order valence-corrected chi connectivity index (χ3v) is 5.40. The highest BCUT2D eigenvalue weighted by molar-refractivity contribution is 5.91. The van der Waals surface area contributed by atoms with Crippen LogP contribution in [0.1, 0.15) is 16.8 Å². The molecule has 0 unspecified atom stereocenters. The number of hydrogen-bond donors (Lipinski definition) is 2. The first-order chi connectivity index (χ1) is 15.3. The van der Waals surface area contributed by atoms with Gasteiger partial charge in [0.25, 0.3) is 5.56 Å². The minimum atomic E-state index is -0.393. The predicted octanol–water partition coefficient (Wildman–Crippen LogP) is 4.68. The molecule has 2 amide bonds. The van der Waals surface area contributed by atoms with Gasteiger partial charge in [-0.05, 0) is 66.9 Å². The first kappa shape index (κ1) is 21.2. The molecule has 7 heteroatoms. The maximum absolute atomic E-state index is 13.1. The van der Waals surface area contributed by atoms with Crippen molar-refractivity contribution in [2.45, 2.75) is 20.4 Å². The first-order valence-electron chi connectivity index (χ1n) is 10.2. The Morgan fingerprint density at radius 1 is 1.03 bits per heavy atom. The maximum Gasteiger partial charge on any atom is 0.319 e. The molecule has 0 bridgehead atoms. The summed E-state index contributed by atoms with van der Waals surface area (Å²) >= 11 is 0. The lowest BCUT2D eigenvalue weighted by atomic mass is 9.99. The number of halogens is 1. The van der Waals surface area contributed by atoms with E-state index in [1.54, 1.807) is 42.1 Å². The molecule has 4 aromatic rings. The van der Waals surface area contributed by atoms with Crippen LogP contribution in [-0.2, 0) is 13.6 Å². The molecular formula is C25H23FN4O2. The highest BCUT2D eigenvalue weighted by Gasteiger charge is 2.13. The smallest absolute Gasteiger partial charge is 0.319 e. The normalized spacial score (nSPS) is 10.9. The summed E-state index contributed by atoms with van der Waals surface area (Å²) in [6.07, 6.45) is 1.76. The van der Waals surface area contributed by atoms with Gasteiger partial charge in [0.2, 0.25) is 0 Å². The number of fused-ring (bicyclic) bond motifs is 1. The molecule has 0 fully saturated rings. The lowest BCUT2D eigenvalue weighted by molar-refractivity contribution is 0.251. The summed E-state index contributed by atoms with van der Waals surface area (Å²) in [5.41, 5.74) is 5.08. The van der Waals surface area contributed by atoms with Gasteiger partial charge in [-0.25, -0.2) is 9.18 Å². The van der Waals surface area contributed by atoms with Crippen LogP contribution in [0.4, 0.5) is 14.9 Å². The number of rotatable bonds is 4. The molecule has 162 valence electrons. The highest BCUT2D eigenvalue weighted by atomic mass is 19.1. The van der Waals surface area contributed by atoms with Crippen LogP contribution >= 0.6 is 0 Å². The van der Waals surface area contributed by atoms with Gasteiger partial charge in [0.05, 0.1) is 5.52 Å². The van der Waals surface area contributed by atoms with E-state index in [2.05, 4.69) is 15.6 Å². The SMILES string of the molecule is Cc1cc2c(cn1)cc(-c1cc(NC(=O)NCc3ccc(F)cc3)ccc1C)c(=O)n2C. The van der Waals surface area contributed by atoms with Crippen LogP contribution in [0.15, 0.2) is 65.6 Å². The van der Waals surface area contributed by atoms with Gasteiger partial charge in [-0.1, -0.05) is 18.2 Å². The molecule has 0 aliphatic heterocycles. The second-order valence-corrected chi connectivity index (χ2v) is 7.77. The fourth-order valence-corrected chi connectivity index (χ4v) is 3.61. The van der Waals surface area contributed by atoms with Gasteiger partial charge in [-0.2, -0.15) is 0 Å². The van der Waals surface area contributed by atoms with Crippen LogP contribution in [0.2, 0.25) is 0 Å². The van der Waals surface area contributed by atoms with Crippen molar-refractivity contribution < 1.29 is 9.18 Å². The fraction of sp³-hybridized carbons (Fsp3) is 0.160. The molecule has 0 atom stereocenters. The average Bonchev–Trinajstić information content (AvgIpc) is 2.78. The molecule has 0 aliphatic rings. The number of carbonyl (C=O) groups excluding carboxylic acids is 1. The van der Waals surface area contributed by atoms with Gasteiger partial charge in [0.15, 0.2) is 0 Å². The predicted molar refractivity (Wildman–Crippen MR) is 124 cm³/mol. The quantitative estimate of drug-likeness (QED) is 0.494. The summed E-state index contributed by atoms with van der Waals surface area (Å²) in [7, 11) is 1.74. The Kier molecular flexibility index (Phi) is 5.73. The van der Waals surface area contributed by atoms with Crippen LogP contribution in [0.25, 0.3) is 22.0 Å². The summed E-state index contributed by atoms with van der Waals surface area (Å²) in [6.45, 7) is 4.07. The molecule has 4 rings (SSSR count). The van der Waals surface area contributed by atoms with E-state index in [0.717, 1.165) is 33.3 Å². The van der Waals surface area contributed by atoms with E-state index in [9.17, 15) is 14.0 Å². The molecular weight excluding hydrogens is 407 g/mol. The third-order valence-electron chi connectivity index (χ3n) is 5.40. The van der Waals surface area contributed by atoms with Crippen molar-refractivity contribution in [3.8, 4) is 11.1 Å². The van der Waals surface area contributed by atoms with Crippen molar-refractivity contribution >= 4 is 22.6 Å². The molecule has 32 heavy (non-hydrogen) atoms. The molecule has 0 aliphatic carbocycles. The van der Waals surface area contributed by atoms with Crippen molar-refractivity contribution in [3.05, 3.63) is 93.8 Å². The molecule has 6 nitrogen and oxygen atoms in total. The zero-order chi connectivity index (χ0) is 22.8. The number of urea groups is 1. The van der Waals surface area contributed by atoms with Crippen LogP contribution in [0.5, 0.6) is 0 Å². The van der Waals surface area contributed by atoms with Gasteiger partial charge >= 0.3 is 6.03 Å². The van der Waals surface area contributed by atoms with Gasteiger partial charge in [0.1, 0.15) is 5.82 Å². The second kappa shape index (κ2) is 8.63. The largest absolute Gasteiger partial charge is 0.334 e. The Morgan fingerprint density at radius 3 is 2.53 bits per heavy atom. The number of nitrogens with one attached hydrogen (secondary N) is 2. The summed E-state index contributed by atoms with van der Waals surface area (Å²) in [4.78, 5) is 29.8. The third kappa shape index (κ3) is 4.37. The molecule has 0 spiro atoms. The number of aromatic nitrogens is 2. The molecule has 0 saturated carbocycles. The van der Waals surface area contributed by atoms with Crippen molar-refractivity contribution in [3.63, 3.8) is 0 Å². The Bertz CT molecular complexity index is 1380. The fourth-order valence-electron chi connectivity index (χ4n) is 3.61. The Balaban J connectivity index is 1.60. The summed E-state index contributed by atoms with van der Waals surface area (Å²) in [5, 5.41) is 6.40. The summed E-state index contributed by atoms with van der Waals surface area (Å²) in [5.74, 6) is -0.323. The molecule has 2 N–H and O–H groups in total. The number of anilines is 1. The topological polar surface area (TPSA) is 76.0 Å². The van der Waals surface area contributed by atoms with E-state index in [1.807, 2.05) is 32.0 Å². The Hall–Kier alpha value is -4.00. The molecule has 2 aromatic carbocycles. The number of pyridine rings is 2. The second-order valence-electron chi connectivity index (χ2n) is 7.77. The monoisotopic (exact) mass is 430 g/mol. The lowest BCUT2D eigenvalue weighted by Crippen LogP contribution is -2.28. The number of hydrogen-bond acceptors (Lipinski definition) is 3. The molecule has 0 radical (unpaired) electrons. The summed E-state index contributed by atoms with van der Waals surface area (Å²) in [6, 6.07) is 14.7. The average molecular weight is 430 g/mol. The zero-order valence-electron chi connectivity index (χ0n) is 18.1. The summed E-state index contributed by atoms with van der Waals surface area (Å²) < 4.78 is 14.6. The van der Waals surface area contributed by atoms with Crippen LogP contribution in [-0.4, -0.2) is 15.6 Å². The van der Waals surface area contributed by atoms with E-state index in [0.29, 0.717) is 11.3 Å². The number of nitrogens with zero attached hydrogens (tertiary/aromatic N) is 2. The Morgan fingerprint density at radius 2 is 1.78 bits per heavy atom. The van der Waals surface area contributed by atoms with Crippen molar-refractivity contribution in [2.75, 3.05) is 5.32 Å². The van der Waals surface area contributed by atoms with Gasteiger partial charge < -0.3 is 15.2 Å². The van der Waals surface area contributed by atoms with Crippen molar-refractivity contribution in [1.82, 2.24) is 14.9 Å². The van der Waals surface area contributed by atoms with Crippen LogP contribution < -0.4 is 16.2 Å². The molecule has 0 saturated heterocycles. The minimum absolute atomic E-state index is 0.121. The Labute approximate surface area is 184 Å². The van der Waals surface area contributed by atoms with E-state index >= 15 is 0 Å². The number of amides is 2. The highest BCUT2D eigenvalue weighted by Crippen LogP contribution is 2.26. The maximum atomic E-state index is 13.1. The number of carbonyl (C=O) groups is 1. The molecule has 2 aromatic heterocycles. The van der Waals surface area contributed by atoms with E-state index in [1.165, 1.54) is 12.1 Å². The number of aryl methyl sites for hydroxylation is 3. The lowest BCUT2D eigenvalue weighted by Gasteiger charge is -2.13. The van der Waals surface area contributed by atoms with Crippen molar-refractivity contribution in [1.29, 1.82) is 0 Å². The van der Waals surface area contributed by atoms with E-state index in [-0.39, 0.29) is 17.9 Å². The minimum Gasteiger partial charge on any atom is -0.334 e. The number of benzene rings is 2. The van der Waals surface area contributed by atoms with Crippen LogP contribution in [0.3, 0.4) is 0 Å².